The van der Waals surface area contributed by atoms with Crippen LogP contribution in [-0.2, 0) is 6.54 Å². The summed E-state index contributed by atoms with van der Waals surface area (Å²) in [4.78, 5) is 28.7. The van der Waals surface area contributed by atoms with Crippen LogP contribution in [0, 0.1) is 12.7 Å². The molecule has 1 aliphatic heterocycles. The van der Waals surface area contributed by atoms with Crippen LogP contribution in [0.25, 0.3) is 11.0 Å². The lowest BCUT2D eigenvalue weighted by atomic mass is 9.97. The Kier molecular flexibility index (Phi) is 5.40. The number of aryl methyl sites for hydroxylation is 1. The number of carbonyl (C=O) groups excluding carboxylic acids is 1. The average molecular weight is 524 g/mol. The number of ether oxygens (including phenoxy) is 1. The first-order chi connectivity index (χ1) is 16.3. The molecule has 0 aliphatic carbocycles. The Balaban J connectivity index is 1.76. The van der Waals surface area contributed by atoms with Crippen molar-refractivity contribution < 1.29 is 23.4 Å². The van der Waals surface area contributed by atoms with Crippen LogP contribution < -0.4 is 10.2 Å². The summed E-state index contributed by atoms with van der Waals surface area (Å²) in [5.41, 5.74) is 2.36. The Hall–Kier alpha value is -3.65. The molecule has 0 saturated carbocycles. The number of hydrogen-bond donors (Lipinski definition) is 1. The molecule has 2 heterocycles. The monoisotopic (exact) mass is 523 g/mol. The van der Waals surface area contributed by atoms with Crippen molar-refractivity contribution in [2.24, 2.45) is 0 Å². The summed E-state index contributed by atoms with van der Waals surface area (Å²) in [6.45, 7) is 1.99. The number of rotatable bonds is 4. The molecule has 8 heteroatoms. The van der Waals surface area contributed by atoms with Gasteiger partial charge in [-0.05, 0) is 70.4 Å². The number of nitrogens with zero attached hydrogens (tertiary/aromatic N) is 1. The van der Waals surface area contributed by atoms with Crippen LogP contribution in [0.15, 0.2) is 68.3 Å². The van der Waals surface area contributed by atoms with Crippen molar-refractivity contribution in [3.05, 3.63) is 103 Å². The van der Waals surface area contributed by atoms with Gasteiger partial charge in [-0.1, -0.05) is 23.8 Å². The molecular formula is C26H19BrFNO5. The van der Waals surface area contributed by atoms with E-state index in [9.17, 15) is 19.1 Å². The molecule has 5 rings (SSSR count). The summed E-state index contributed by atoms with van der Waals surface area (Å²) in [7, 11) is 1.42. The molecule has 4 aromatic rings. The van der Waals surface area contributed by atoms with Gasteiger partial charge in [-0.2, -0.15) is 0 Å². The fourth-order valence-corrected chi connectivity index (χ4v) is 4.80. The molecule has 1 N–H and O–H groups in total. The third-order valence-corrected chi connectivity index (χ3v) is 6.58. The Morgan fingerprint density at radius 1 is 1.12 bits per heavy atom. The van der Waals surface area contributed by atoms with Crippen LogP contribution in [0.5, 0.6) is 11.5 Å². The van der Waals surface area contributed by atoms with Crippen molar-refractivity contribution in [1.82, 2.24) is 4.90 Å². The fourth-order valence-electron chi connectivity index (χ4n) is 4.34. The van der Waals surface area contributed by atoms with Gasteiger partial charge in [0.05, 0.1) is 28.6 Å². The topological polar surface area (TPSA) is 80.0 Å². The summed E-state index contributed by atoms with van der Waals surface area (Å²) in [6, 6.07) is 13.5. The number of amides is 1. The first kappa shape index (κ1) is 22.2. The second-order valence-corrected chi connectivity index (χ2v) is 9.04. The quantitative estimate of drug-likeness (QED) is 0.384. The van der Waals surface area contributed by atoms with Gasteiger partial charge in [0.1, 0.15) is 11.4 Å². The van der Waals surface area contributed by atoms with Crippen LogP contribution in [0.3, 0.4) is 0 Å². The normalized spacial score (nSPS) is 15.1. The fraction of sp³-hybridized carbons (Fsp3) is 0.154. The highest BCUT2D eigenvalue weighted by Crippen LogP contribution is 2.44. The molecule has 0 unspecified atom stereocenters. The van der Waals surface area contributed by atoms with E-state index in [0.29, 0.717) is 26.6 Å². The van der Waals surface area contributed by atoms with Gasteiger partial charge < -0.3 is 19.2 Å². The van der Waals surface area contributed by atoms with Gasteiger partial charge in [-0.15, -0.1) is 0 Å². The Bertz CT molecular complexity index is 1510. The van der Waals surface area contributed by atoms with Crippen molar-refractivity contribution in [1.29, 1.82) is 0 Å². The molecule has 0 saturated heterocycles. The van der Waals surface area contributed by atoms with Crippen molar-refractivity contribution in [3.8, 4) is 11.5 Å². The smallest absolute Gasteiger partial charge is 0.291 e. The molecule has 1 aliphatic rings. The number of benzene rings is 3. The molecule has 0 bridgehead atoms. The van der Waals surface area contributed by atoms with Crippen molar-refractivity contribution in [2.75, 3.05) is 7.11 Å². The Labute approximate surface area is 202 Å². The van der Waals surface area contributed by atoms with Gasteiger partial charge in [0.15, 0.2) is 16.9 Å². The van der Waals surface area contributed by atoms with Gasteiger partial charge in [-0.3, -0.25) is 9.59 Å². The second kappa shape index (κ2) is 8.29. The van der Waals surface area contributed by atoms with E-state index in [1.807, 2.05) is 13.0 Å². The molecule has 0 radical (unpaired) electrons. The lowest BCUT2D eigenvalue weighted by molar-refractivity contribution is 0.0714. The van der Waals surface area contributed by atoms with E-state index in [-0.39, 0.29) is 40.6 Å². The SMILES string of the molecule is COc1cc([C@@H]2c3c(oc4ccc(C)cc4c3=O)C(=O)N2Cc2ccc(F)cc2)cc(Br)c1O. The summed E-state index contributed by atoms with van der Waals surface area (Å²) in [5, 5.41) is 10.7. The van der Waals surface area contributed by atoms with E-state index >= 15 is 0 Å². The van der Waals surface area contributed by atoms with Gasteiger partial charge in [-0.25, -0.2) is 4.39 Å². The maximum absolute atomic E-state index is 13.7. The van der Waals surface area contributed by atoms with E-state index in [1.54, 1.807) is 36.4 Å². The third-order valence-electron chi connectivity index (χ3n) is 5.97. The molecule has 6 nitrogen and oxygen atoms in total. The van der Waals surface area contributed by atoms with Gasteiger partial charge in [0, 0.05) is 6.54 Å². The molecule has 0 fully saturated rings. The average Bonchev–Trinajstić information content (AvgIpc) is 3.09. The molecule has 34 heavy (non-hydrogen) atoms. The van der Waals surface area contributed by atoms with Crippen molar-refractivity contribution in [2.45, 2.75) is 19.5 Å². The van der Waals surface area contributed by atoms with Gasteiger partial charge in [0.25, 0.3) is 5.91 Å². The number of hydrogen-bond acceptors (Lipinski definition) is 5. The van der Waals surface area contributed by atoms with Crippen LogP contribution in [-0.4, -0.2) is 23.0 Å². The lowest BCUT2D eigenvalue weighted by Gasteiger charge is -2.26. The maximum Gasteiger partial charge on any atom is 0.291 e. The van der Waals surface area contributed by atoms with Crippen LogP contribution in [0.1, 0.15) is 38.9 Å². The predicted octanol–water partition coefficient (Wildman–Crippen LogP) is 5.46. The molecule has 3 aromatic carbocycles. The first-order valence-electron chi connectivity index (χ1n) is 10.5. The number of methoxy groups -OCH3 is 1. The van der Waals surface area contributed by atoms with E-state index < -0.39 is 11.9 Å². The van der Waals surface area contributed by atoms with Crippen molar-refractivity contribution in [3.63, 3.8) is 0 Å². The zero-order valence-corrected chi connectivity index (χ0v) is 19.8. The van der Waals surface area contributed by atoms with Gasteiger partial charge in [0.2, 0.25) is 5.76 Å². The maximum atomic E-state index is 13.7. The second-order valence-electron chi connectivity index (χ2n) is 8.19. The minimum absolute atomic E-state index is 0.0309. The zero-order chi connectivity index (χ0) is 24.1. The minimum atomic E-state index is -0.806. The number of fused-ring (bicyclic) bond motifs is 2. The van der Waals surface area contributed by atoms with Crippen LogP contribution in [0.2, 0.25) is 0 Å². The number of phenols is 1. The number of halogens is 2. The minimum Gasteiger partial charge on any atom is -0.503 e. The summed E-state index contributed by atoms with van der Waals surface area (Å²) in [6.07, 6.45) is 0. The predicted molar refractivity (Wildman–Crippen MR) is 128 cm³/mol. The van der Waals surface area contributed by atoms with E-state index in [2.05, 4.69) is 15.9 Å². The van der Waals surface area contributed by atoms with Gasteiger partial charge >= 0.3 is 0 Å². The highest BCUT2D eigenvalue weighted by atomic mass is 79.9. The number of phenolic OH excluding ortho intramolecular Hbond substituents is 1. The molecule has 1 amide bonds. The highest BCUT2D eigenvalue weighted by molar-refractivity contribution is 9.10. The zero-order valence-electron chi connectivity index (χ0n) is 18.3. The molecule has 1 atom stereocenters. The summed E-state index contributed by atoms with van der Waals surface area (Å²) >= 11 is 3.33. The Morgan fingerprint density at radius 2 is 1.85 bits per heavy atom. The highest BCUT2D eigenvalue weighted by Gasteiger charge is 2.43. The molecule has 172 valence electrons. The summed E-state index contributed by atoms with van der Waals surface area (Å²) < 4.78 is 25.1. The molecule has 0 spiro atoms. The van der Waals surface area contributed by atoms with Crippen molar-refractivity contribution >= 4 is 32.8 Å². The standard InChI is InChI=1S/C26H19BrFNO5/c1-13-3-8-19-17(9-13)23(30)21-22(15-10-18(27)24(31)20(11-15)33-2)29(26(32)25(21)34-19)12-14-4-6-16(28)7-5-14/h3-11,22,31H,12H2,1-2H3/t22-/m1/s1. The molecular weight excluding hydrogens is 505 g/mol. The van der Waals surface area contributed by atoms with Crippen LogP contribution in [0.4, 0.5) is 4.39 Å². The lowest BCUT2D eigenvalue weighted by Crippen LogP contribution is -2.29. The van der Waals surface area contributed by atoms with Crippen LogP contribution >= 0.6 is 15.9 Å². The van der Waals surface area contributed by atoms with E-state index in [0.717, 1.165) is 5.56 Å². The first-order valence-corrected chi connectivity index (χ1v) is 11.3. The van der Waals surface area contributed by atoms with E-state index in [4.69, 9.17) is 9.15 Å². The number of aromatic hydroxyl groups is 1. The summed E-state index contributed by atoms with van der Waals surface area (Å²) in [5.74, 6) is -0.777. The van der Waals surface area contributed by atoms with E-state index in [1.165, 1.54) is 24.1 Å². The number of carbonyl (C=O) groups is 1. The Morgan fingerprint density at radius 3 is 2.56 bits per heavy atom. The third kappa shape index (κ3) is 3.54. The molecule has 1 aromatic heterocycles. The largest absolute Gasteiger partial charge is 0.503 e.